The van der Waals surface area contributed by atoms with E-state index in [1.807, 2.05) is 6.92 Å². The molecule has 0 saturated heterocycles. The first-order valence-corrected chi connectivity index (χ1v) is 5.62. The van der Waals surface area contributed by atoms with Crippen LogP contribution in [0.25, 0.3) is 0 Å². The minimum absolute atomic E-state index is 0.0688. The third-order valence-corrected chi connectivity index (χ3v) is 2.71. The molecule has 0 spiro atoms. The maximum Gasteiger partial charge on any atom is 0.164 e. The highest BCUT2D eigenvalue weighted by Gasteiger charge is 2.18. The van der Waals surface area contributed by atoms with Gasteiger partial charge in [0.05, 0.1) is 6.10 Å². The minimum Gasteiger partial charge on any atom is -0.388 e. The highest BCUT2D eigenvalue weighted by Crippen LogP contribution is 2.21. The fourth-order valence-electron chi connectivity index (χ4n) is 1.77. The summed E-state index contributed by atoms with van der Waals surface area (Å²) in [7, 11) is 0. The van der Waals surface area contributed by atoms with Crippen LogP contribution in [-0.4, -0.2) is 19.9 Å². The summed E-state index contributed by atoms with van der Waals surface area (Å²) in [5, 5.41) is 13.9. The summed E-state index contributed by atoms with van der Waals surface area (Å²) in [6.45, 7) is 2.49. The Kier molecular flexibility index (Phi) is 3.66. The molecule has 1 N–H and O–H groups in total. The predicted molar refractivity (Wildman–Crippen MR) is 60.7 cm³/mol. The lowest BCUT2D eigenvalue weighted by Gasteiger charge is -2.12. The van der Waals surface area contributed by atoms with Gasteiger partial charge in [0.25, 0.3) is 0 Å². The molecule has 0 saturated carbocycles. The molecule has 96 valence electrons. The van der Waals surface area contributed by atoms with Crippen LogP contribution in [0.4, 0.5) is 8.78 Å². The van der Waals surface area contributed by atoms with Gasteiger partial charge in [-0.15, -0.1) is 0 Å². The van der Waals surface area contributed by atoms with Gasteiger partial charge in [-0.3, -0.25) is 4.68 Å². The average molecular weight is 253 g/mol. The zero-order chi connectivity index (χ0) is 13.1. The number of aliphatic hydroxyl groups excluding tert-OH is 1. The van der Waals surface area contributed by atoms with Crippen LogP contribution >= 0.6 is 0 Å². The van der Waals surface area contributed by atoms with Gasteiger partial charge in [0, 0.05) is 18.5 Å². The number of hydrogen-bond donors (Lipinski definition) is 1. The second-order valence-electron chi connectivity index (χ2n) is 3.85. The number of halogens is 2. The Labute approximate surface area is 103 Å². The molecule has 2 rings (SSSR count). The number of nitrogens with zero attached hydrogens (tertiary/aromatic N) is 3. The second kappa shape index (κ2) is 5.22. The summed E-state index contributed by atoms with van der Waals surface area (Å²) < 4.78 is 28.1. The molecule has 4 nitrogen and oxygen atoms in total. The monoisotopic (exact) mass is 253 g/mol. The quantitative estimate of drug-likeness (QED) is 0.904. The van der Waals surface area contributed by atoms with E-state index in [0.29, 0.717) is 12.4 Å². The van der Waals surface area contributed by atoms with Gasteiger partial charge in [-0.1, -0.05) is 12.1 Å². The number of aliphatic hydroxyl groups is 1. The van der Waals surface area contributed by atoms with E-state index < -0.39 is 17.7 Å². The molecule has 1 aromatic carbocycles. The lowest BCUT2D eigenvalue weighted by atomic mass is 10.1. The van der Waals surface area contributed by atoms with Crippen molar-refractivity contribution in [1.29, 1.82) is 0 Å². The molecule has 18 heavy (non-hydrogen) atoms. The summed E-state index contributed by atoms with van der Waals surface area (Å²) in [6, 6.07) is 3.73. The van der Waals surface area contributed by atoms with E-state index in [-0.39, 0.29) is 12.0 Å². The zero-order valence-corrected chi connectivity index (χ0v) is 9.85. The maximum atomic E-state index is 13.5. The molecule has 0 radical (unpaired) electrons. The standard InChI is InChI=1S/C12H13F2N3O/c1-2-17-11(15-7-16-17)6-10(18)8-4-3-5-9(13)12(8)14/h3-5,7,10,18H,2,6H2,1H3. The molecule has 0 aliphatic heterocycles. The molecular formula is C12H13F2N3O. The van der Waals surface area contributed by atoms with E-state index in [2.05, 4.69) is 10.1 Å². The number of rotatable bonds is 4. The number of aryl methyl sites for hydroxylation is 1. The van der Waals surface area contributed by atoms with Crippen molar-refractivity contribution in [3.05, 3.63) is 47.5 Å². The SMILES string of the molecule is CCn1ncnc1CC(O)c1cccc(F)c1F. The van der Waals surface area contributed by atoms with Crippen molar-refractivity contribution in [2.24, 2.45) is 0 Å². The third kappa shape index (κ3) is 2.38. The number of benzene rings is 1. The first kappa shape index (κ1) is 12.6. The summed E-state index contributed by atoms with van der Waals surface area (Å²) >= 11 is 0. The van der Waals surface area contributed by atoms with Gasteiger partial charge >= 0.3 is 0 Å². The molecule has 1 aromatic heterocycles. The normalized spacial score (nSPS) is 12.7. The molecule has 2 aromatic rings. The number of hydrogen-bond acceptors (Lipinski definition) is 3. The fourth-order valence-corrected chi connectivity index (χ4v) is 1.77. The Hall–Kier alpha value is -1.82. The molecule has 6 heteroatoms. The Morgan fingerprint density at radius 2 is 2.17 bits per heavy atom. The highest BCUT2D eigenvalue weighted by atomic mass is 19.2. The molecule has 1 unspecified atom stereocenters. The van der Waals surface area contributed by atoms with E-state index in [0.717, 1.165) is 6.07 Å². The molecular weight excluding hydrogens is 240 g/mol. The van der Waals surface area contributed by atoms with Crippen molar-refractivity contribution >= 4 is 0 Å². The van der Waals surface area contributed by atoms with Gasteiger partial charge in [-0.05, 0) is 13.0 Å². The summed E-state index contributed by atoms with van der Waals surface area (Å²) in [6.07, 6.45) is 0.317. The van der Waals surface area contributed by atoms with Crippen LogP contribution in [0, 0.1) is 11.6 Å². The van der Waals surface area contributed by atoms with Gasteiger partial charge in [0.15, 0.2) is 11.6 Å². The van der Waals surface area contributed by atoms with Crippen molar-refractivity contribution in [2.45, 2.75) is 26.0 Å². The Morgan fingerprint density at radius 1 is 1.39 bits per heavy atom. The van der Waals surface area contributed by atoms with E-state index in [1.165, 1.54) is 18.5 Å². The zero-order valence-electron chi connectivity index (χ0n) is 9.85. The van der Waals surface area contributed by atoms with Crippen LogP contribution in [0.5, 0.6) is 0 Å². The lowest BCUT2D eigenvalue weighted by Crippen LogP contribution is -2.11. The van der Waals surface area contributed by atoms with Gasteiger partial charge in [0.2, 0.25) is 0 Å². The van der Waals surface area contributed by atoms with Crippen LogP contribution in [0.3, 0.4) is 0 Å². The largest absolute Gasteiger partial charge is 0.388 e. The summed E-state index contributed by atoms with van der Waals surface area (Å²) in [5.41, 5.74) is -0.0688. The number of aromatic nitrogens is 3. The van der Waals surface area contributed by atoms with Gasteiger partial charge in [-0.2, -0.15) is 5.10 Å². The topological polar surface area (TPSA) is 50.9 Å². The first-order chi connectivity index (χ1) is 8.63. The average Bonchev–Trinajstić information content (AvgIpc) is 2.79. The Morgan fingerprint density at radius 3 is 2.89 bits per heavy atom. The van der Waals surface area contributed by atoms with Gasteiger partial charge in [0.1, 0.15) is 12.2 Å². The second-order valence-corrected chi connectivity index (χ2v) is 3.85. The van der Waals surface area contributed by atoms with Crippen molar-refractivity contribution in [3.8, 4) is 0 Å². The van der Waals surface area contributed by atoms with Crippen LogP contribution in [-0.2, 0) is 13.0 Å². The van der Waals surface area contributed by atoms with E-state index in [4.69, 9.17) is 0 Å². The van der Waals surface area contributed by atoms with E-state index in [9.17, 15) is 13.9 Å². The Bertz CT molecular complexity index is 542. The fraction of sp³-hybridized carbons (Fsp3) is 0.333. The molecule has 0 aliphatic rings. The van der Waals surface area contributed by atoms with Crippen LogP contribution in [0.15, 0.2) is 24.5 Å². The van der Waals surface area contributed by atoms with Crippen molar-refractivity contribution in [3.63, 3.8) is 0 Å². The van der Waals surface area contributed by atoms with Gasteiger partial charge < -0.3 is 5.11 Å². The summed E-state index contributed by atoms with van der Waals surface area (Å²) in [5.74, 6) is -1.45. The van der Waals surface area contributed by atoms with Crippen LogP contribution in [0.1, 0.15) is 24.4 Å². The Balaban J connectivity index is 2.22. The molecule has 1 atom stereocenters. The van der Waals surface area contributed by atoms with Gasteiger partial charge in [-0.25, -0.2) is 13.8 Å². The van der Waals surface area contributed by atoms with Crippen molar-refractivity contribution in [2.75, 3.05) is 0 Å². The van der Waals surface area contributed by atoms with Crippen molar-refractivity contribution < 1.29 is 13.9 Å². The van der Waals surface area contributed by atoms with E-state index in [1.54, 1.807) is 4.68 Å². The van der Waals surface area contributed by atoms with E-state index >= 15 is 0 Å². The molecule has 0 fully saturated rings. The van der Waals surface area contributed by atoms with Crippen LogP contribution < -0.4 is 0 Å². The first-order valence-electron chi connectivity index (χ1n) is 5.62. The highest BCUT2D eigenvalue weighted by molar-refractivity contribution is 5.22. The maximum absolute atomic E-state index is 13.5. The third-order valence-electron chi connectivity index (χ3n) is 2.71. The molecule has 0 bridgehead atoms. The molecule has 0 amide bonds. The van der Waals surface area contributed by atoms with Crippen molar-refractivity contribution in [1.82, 2.24) is 14.8 Å². The summed E-state index contributed by atoms with van der Waals surface area (Å²) in [4.78, 5) is 3.98. The lowest BCUT2D eigenvalue weighted by molar-refractivity contribution is 0.168. The minimum atomic E-state index is -1.14. The predicted octanol–water partition coefficient (Wildman–Crippen LogP) is 1.85. The van der Waals surface area contributed by atoms with Crippen LogP contribution in [0.2, 0.25) is 0 Å². The molecule has 1 heterocycles. The smallest absolute Gasteiger partial charge is 0.164 e. The molecule has 0 aliphatic carbocycles.